The third kappa shape index (κ3) is 2.92. The van der Waals surface area contributed by atoms with Crippen molar-refractivity contribution in [1.82, 2.24) is 4.72 Å². The van der Waals surface area contributed by atoms with Gasteiger partial charge >= 0.3 is 0 Å². The van der Waals surface area contributed by atoms with Crippen molar-refractivity contribution in [2.45, 2.75) is 24.6 Å². The lowest BCUT2D eigenvalue weighted by Gasteiger charge is -2.14. The van der Waals surface area contributed by atoms with Crippen molar-refractivity contribution in [2.24, 2.45) is 0 Å². The molecule has 104 valence electrons. The first-order valence-electron chi connectivity index (χ1n) is 6.76. The van der Waals surface area contributed by atoms with Crippen LogP contribution in [0.25, 0.3) is 0 Å². The second-order valence-corrected chi connectivity index (χ2v) is 6.91. The van der Waals surface area contributed by atoms with Gasteiger partial charge in [0.05, 0.1) is 5.75 Å². The summed E-state index contributed by atoms with van der Waals surface area (Å²) >= 11 is 0. The zero-order valence-corrected chi connectivity index (χ0v) is 11.9. The molecular formula is C16H17NO2S. The Labute approximate surface area is 119 Å². The summed E-state index contributed by atoms with van der Waals surface area (Å²) in [5.41, 5.74) is 3.18. The van der Waals surface area contributed by atoms with Crippen molar-refractivity contribution in [1.29, 1.82) is 0 Å². The second-order valence-electron chi connectivity index (χ2n) is 5.15. The Morgan fingerprint density at radius 1 is 1.00 bits per heavy atom. The van der Waals surface area contributed by atoms with Crippen LogP contribution < -0.4 is 4.72 Å². The van der Waals surface area contributed by atoms with Crippen LogP contribution in [0, 0.1) is 0 Å². The van der Waals surface area contributed by atoms with Gasteiger partial charge in [0.2, 0.25) is 10.0 Å². The Balaban J connectivity index is 1.75. The fraction of sp³-hybridized carbons (Fsp3) is 0.250. The summed E-state index contributed by atoms with van der Waals surface area (Å²) in [6.45, 7) is 0. The monoisotopic (exact) mass is 287 g/mol. The summed E-state index contributed by atoms with van der Waals surface area (Å²) < 4.78 is 27.3. The molecule has 20 heavy (non-hydrogen) atoms. The third-order valence-corrected chi connectivity index (χ3v) is 5.01. The molecule has 4 heteroatoms. The molecule has 1 atom stereocenters. The number of hydrogen-bond donors (Lipinski definition) is 1. The maximum Gasteiger partial charge on any atom is 0.216 e. The molecule has 0 spiro atoms. The van der Waals surface area contributed by atoms with Crippen molar-refractivity contribution < 1.29 is 8.42 Å². The Kier molecular flexibility index (Phi) is 3.59. The molecule has 0 saturated heterocycles. The van der Waals surface area contributed by atoms with Crippen molar-refractivity contribution >= 4 is 10.0 Å². The highest BCUT2D eigenvalue weighted by atomic mass is 32.2. The van der Waals surface area contributed by atoms with E-state index in [0.717, 1.165) is 24.0 Å². The Hall–Kier alpha value is -1.65. The van der Waals surface area contributed by atoms with Crippen LogP contribution in [0.4, 0.5) is 0 Å². The number of rotatable bonds is 4. The van der Waals surface area contributed by atoms with Crippen molar-refractivity contribution in [3.8, 4) is 0 Å². The highest BCUT2D eigenvalue weighted by molar-refractivity contribution is 7.88. The van der Waals surface area contributed by atoms with Gasteiger partial charge in [-0.2, -0.15) is 0 Å². The van der Waals surface area contributed by atoms with Crippen molar-refractivity contribution in [3.63, 3.8) is 0 Å². The fourth-order valence-electron chi connectivity index (χ4n) is 2.73. The molecule has 0 radical (unpaired) electrons. The van der Waals surface area contributed by atoms with Crippen LogP contribution in [-0.2, 0) is 22.2 Å². The van der Waals surface area contributed by atoms with Crippen molar-refractivity contribution in [2.75, 3.05) is 0 Å². The van der Waals surface area contributed by atoms with E-state index in [1.165, 1.54) is 5.56 Å². The summed E-state index contributed by atoms with van der Waals surface area (Å²) in [6, 6.07) is 17.2. The number of aryl methyl sites for hydroxylation is 1. The zero-order chi connectivity index (χ0) is 14.0. The minimum Gasteiger partial charge on any atom is -0.212 e. The van der Waals surface area contributed by atoms with E-state index in [2.05, 4.69) is 10.8 Å². The molecule has 0 fully saturated rings. The zero-order valence-electron chi connectivity index (χ0n) is 11.1. The molecule has 0 amide bonds. The molecule has 1 N–H and O–H groups in total. The van der Waals surface area contributed by atoms with Crippen LogP contribution >= 0.6 is 0 Å². The Morgan fingerprint density at radius 3 is 2.50 bits per heavy atom. The molecule has 3 rings (SSSR count). The topological polar surface area (TPSA) is 46.2 Å². The normalized spacial score (nSPS) is 17.9. The first-order chi connectivity index (χ1) is 9.64. The quantitative estimate of drug-likeness (QED) is 0.940. The summed E-state index contributed by atoms with van der Waals surface area (Å²) in [5, 5.41) is 0. The van der Waals surface area contributed by atoms with Crippen LogP contribution in [0.2, 0.25) is 0 Å². The number of fused-ring (bicyclic) bond motifs is 1. The largest absolute Gasteiger partial charge is 0.216 e. The average molecular weight is 287 g/mol. The molecule has 0 heterocycles. The fourth-order valence-corrected chi connectivity index (χ4v) is 4.12. The SMILES string of the molecule is O=S(=O)(Cc1ccccc1)NC1CCc2ccccc21. The number of sulfonamides is 1. The molecule has 1 unspecified atom stereocenters. The number of hydrogen-bond acceptors (Lipinski definition) is 2. The molecule has 3 nitrogen and oxygen atoms in total. The summed E-state index contributed by atoms with van der Waals surface area (Å²) in [5.74, 6) is 0.0342. The van der Waals surface area contributed by atoms with E-state index < -0.39 is 10.0 Å². The van der Waals surface area contributed by atoms with Gasteiger partial charge in [0.25, 0.3) is 0 Å². The van der Waals surface area contributed by atoms with Crippen LogP contribution in [0.1, 0.15) is 29.2 Å². The lowest BCUT2D eigenvalue weighted by atomic mass is 10.1. The van der Waals surface area contributed by atoms with Crippen LogP contribution in [0.3, 0.4) is 0 Å². The van der Waals surface area contributed by atoms with Gasteiger partial charge in [0.1, 0.15) is 0 Å². The standard InChI is InChI=1S/C16H17NO2S/c18-20(19,12-13-6-2-1-3-7-13)17-16-11-10-14-8-4-5-9-15(14)16/h1-9,16-17H,10-12H2. The maximum atomic E-state index is 12.3. The molecule has 2 aromatic carbocycles. The smallest absolute Gasteiger partial charge is 0.212 e. The predicted molar refractivity (Wildman–Crippen MR) is 79.7 cm³/mol. The van der Waals surface area contributed by atoms with Gasteiger partial charge in [-0.1, -0.05) is 54.6 Å². The summed E-state index contributed by atoms with van der Waals surface area (Å²) in [7, 11) is -3.31. The van der Waals surface area contributed by atoms with E-state index in [1.54, 1.807) is 0 Å². The van der Waals surface area contributed by atoms with E-state index >= 15 is 0 Å². The Bertz CT molecular complexity index is 695. The lowest BCUT2D eigenvalue weighted by molar-refractivity contribution is 0.553. The molecule has 0 aromatic heterocycles. The number of nitrogens with one attached hydrogen (secondary N) is 1. The Morgan fingerprint density at radius 2 is 1.70 bits per heavy atom. The van der Waals surface area contributed by atoms with E-state index in [-0.39, 0.29) is 11.8 Å². The lowest BCUT2D eigenvalue weighted by Crippen LogP contribution is -2.28. The molecule has 2 aromatic rings. The molecule has 0 saturated carbocycles. The van der Waals surface area contributed by atoms with Gasteiger partial charge in [-0.3, -0.25) is 0 Å². The predicted octanol–water partition coefficient (Wildman–Crippen LogP) is 2.79. The number of benzene rings is 2. The van der Waals surface area contributed by atoms with Crippen molar-refractivity contribution in [3.05, 3.63) is 71.3 Å². The second kappa shape index (κ2) is 5.38. The van der Waals surface area contributed by atoms with Crippen LogP contribution in [0.5, 0.6) is 0 Å². The first kappa shape index (κ1) is 13.3. The van der Waals surface area contributed by atoms with Gasteiger partial charge in [0.15, 0.2) is 0 Å². The average Bonchev–Trinajstić information content (AvgIpc) is 2.82. The van der Waals surface area contributed by atoms with Gasteiger partial charge in [-0.25, -0.2) is 13.1 Å². The molecular weight excluding hydrogens is 270 g/mol. The van der Waals surface area contributed by atoms with Gasteiger partial charge in [-0.05, 0) is 29.5 Å². The van der Waals surface area contributed by atoms with Crippen LogP contribution in [-0.4, -0.2) is 8.42 Å². The minimum atomic E-state index is -3.31. The van der Waals surface area contributed by atoms with E-state index in [4.69, 9.17) is 0 Å². The van der Waals surface area contributed by atoms with Gasteiger partial charge in [-0.15, -0.1) is 0 Å². The van der Waals surface area contributed by atoms with Gasteiger partial charge in [0, 0.05) is 6.04 Å². The third-order valence-electron chi connectivity index (χ3n) is 3.65. The summed E-state index contributed by atoms with van der Waals surface area (Å²) in [6.07, 6.45) is 1.78. The molecule has 0 bridgehead atoms. The molecule has 0 aliphatic heterocycles. The highest BCUT2D eigenvalue weighted by Crippen LogP contribution is 2.31. The van der Waals surface area contributed by atoms with Crippen LogP contribution in [0.15, 0.2) is 54.6 Å². The summed E-state index contributed by atoms with van der Waals surface area (Å²) in [4.78, 5) is 0. The first-order valence-corrected chi connectivity index (χ1v) is 8.41. The maximum absolute atomic E-state index is 12.3. The van der Waals surface area contributed by atoms with E-state index in [1.807, 2.05) is 48.5 Å². The van der Waals surface area contributed by atoms with E-state index in [9.17, 15) is 8.42 Å². The molecule has 1 aliphatic rings. The highest BCUT2D eigenvalue weighted by Gasteiger charge is 2.26. The minimum absolute atomic E-state index is 0.0342. The van der Waals surface area contributed by atoms with Gasteiger partial charge < -0.3 is 0 Å². The van der Waals surface area contributed by atoms with E-state index in [0.29, 0.717) is 0 Å². The molecule has 1 aliphatic carbocycles.